The van der Waals surface area contributed by atoms with Crippen LogP contribution >= 0.6 is 12.2 Å². The molecule has 0 aliphatic heterocycles. The molecular formula is C7H8OS. The topological polar surface area (TPSA) is 9.23 Å². The molecule has 0 saturated carbocycles. The van der Waals surface area contributed by atoms with Crippen molar-refractivity contribution in [3.8, 4) is 0 Å². The smallest absolute Gasteiger partial charge is 0.111 e. The number of ether oxygens (including phenoxy) is 1. The van der Waals surface area contributed by atoms with E-state index in [4.69, 9.17) is 17.0 Å². The molecule has 0 amide bonds. The Labute approximate surface area is 60.0 Å². The molecule has 0 aromatic heterocycles. The van der Waals surface area contributed by atoms with Gasteiger partial charge in [-0.25, -0.2) is 0 Å². The molecule has 0 aromatic carbocycles. The van der Waals surface area contributed by atoms with Crippen LogP contribution in [0, 0.1) is 0 Å². The molecule has 1 aliphatic rings. The second-order valence-electron chi connectivity index (χ2n) is 1.80. The molecule has 0 saturated heterocycles. The molecule has 1 aliphatic carbocycles. The van der Waals surface area contributed by atoms with Gasteiger partial charge in [-0.2, -0.15) is 0 Å². The summed E-state index contributed by atoms with van der Waals surface area (Å²) in [6.45, 7) is 0. The van der Waals surface area contributed by atoms with Crippen LogP contribution in [0.15, 0.2) is 24.3 Å². The van der Waals surface area contributed by atoms with Crippen LogP contribution in [0.3, 0.4) is 0 Å². The molecule has 1 unspecified atom stereocenters. The van der Waals surface area contributed by atoms with Gasteiger partial charge in [0.2, 0.25) is 0 Å². The fourth-order valence-electron chi connectivity index (χ4n) is 0.700. The van der Waals surface area contributed by atoms with E-state index in [1.807, 2.05) is 24.3 Å². The zero-order valence-corrected chi connectivity index (χ0v) is 6.02. The van der Waals surface area contributed by atoms with Crippen molar-refractivity contribution in [2.75, 3.05) is 7.11 Å². The van der Waals surface area contributed by atoms with Crippen molar-refractivity contribution >= 4 is 17.1 Å². The molecule has 1 rings (SSSR count). The molecular weight excluding hydrogens is 132 g/mol. The predicted molar refractivity (Wildman–Crippen MR) is 41.7 cm³/mol. The van der Waals surface area contributed by atoms with Crippen molar-refractivity contribution < 1.29 is 4.74 Å². The number of rotatable bonds is 1. The van der Waals surface area contributed by atoms with Crippen LogP contribution in [0.5, 0.6) is 0 Å². The molecule has 0 fully saturated rings. The van der Waals surface area contributed by atoms with E-state index >= 15 is 0 Å². The molecule has 0 radical (unpaired) electrons. The molecule has 0 aromatic rings. The lowest BCUT2D eigenvalue weighted by Crippen LogP contribution is -2.17. The van der Waals surface area contributed by atoms with E-state index in [9.17, 15) is 0 Å². The molecule has 0 N–H and O–H groups in total. The Bertz CT molecular complexity index is 170. The molecule has 9 heavy (non-hydrogen) atoms. The summed E-state index contributed by atoms with van der Waals surface area (Å²) in [7, 11) is 1.65. The van der Waals surface area contributed by atoms with Crippen LogP contribution in [0.2, 0.25) is 0 Å². The highest BCUT2D eigenvalue weighted by Crippen LogP contribution is 2.03. The third kappa shape index (κ3) is 1.47. The van der Waals surface area contributed by atoms with E-state index in [1.54, 1.807) is 7.11 Å². The number of hydrogen-bond donors (Lipinski definition) is 0. The van der Waals surface area contributed by atoms with Crippen LogP contribution < -0.4 is 0 Å². The van der Waals surface area contributed by atoms with Crippen molar-refractivity contribution in [1.29, 1.82) is 0 Å². The summed E-state index contributed by atoms with van der Waals surface area (Å²) in [6.07, 6.45) is 7.68. The largest absolute Gasteiger partial charge is 0.372 e. The maximum Gasteiger partial charge on any atom is 0.111 e. The molecule has 0 bridgehead atoms. The van der Waals surface area contributed by atoms with E-state index in [-0.39, 0.29) is 6.10 Å². The second kappa shape index (κ2) is 2.90. The average Bonchev–Trinajstić information content (AvgIpc) is 1.89. The van der Waals surface area contributed by atoms with Gasteiger partial charge in [0, 0.05) is 12.0 Å². The summed E-state index contributed by atoms with van der Waals surface area (Å²) in [6, 6.07) is 0. The van der Waals surface area contributed by atoms with Crippen LogP contribution in [0.1, 0.15) is 0 Å². The predicted octanol–water partition coefficient (Wildman–Crippen LogP) is 1.50. The van der Waals surface area contributed by atoms with E-state index in [0.29, 0.717) is 0 Å². The highest BCUT2D eigenvalue weighted by molar-refractivity contribution is 7.80. The van der Waals surface area contributed by atoms with E-state index < -0.39 is 0 Å². The highest BCUT2D eigenvalue weighted by Gasteiger charge is 2.07. The van der Waals surface area contributed by atoms with Crippen LogP contribution in [-0.4, -0.2) is 18.1 Å². The monoisotopic (exact) mass is 140 g/mol. The number of allylic oxidation sites excluding steroid dienone is 2. The Morgan fingerprint density at radius 3 is 2.78 bits per heavy atom. The maximum absolute atomic E-state index is 5.02. The Kier molecular flexibility index (Phi) is 2.14. The van der Waals surface area contributed by atoms with Crippen molar-refractivity contribution in [3.63, 3.8) is 0 Å². The average molecular weight is 140 g/mol. The van der Waals surface area contributed by atoms with Crippen LogP contribution in [0.4, 0.5) is 0 Å². The zero-order valence-electron chi connectivity index (χ0n) is 5.20. The lowest BCUT2D eigenvalue weighted by molar-refractivity contribution is 0.193. The minimum Gasteiger partial charge on any atom is -0.372 e. The first kappa shape index (κ1) is 6.65. The quantitative estimate of drug-likeness (QED) is 0.510. The van der Waals surface area contributed by atoms with Gasteiger partial charge in [-0.15, -0.1) is 0 Å². The molecule has 1 atom stereocenters. The first-order chi connectivity index (χ1) is 4.34. The van der Waals surface area contributed by atoms with E-state index in [1.165, 1.54) is 0 Å². The normalized spacial score (nSPS) is 25.0. The summed E-state index contributed by atoms with van der Waals surface area (Å²) in [4.78, 5) is 0.847. The van der Waals surface area contributed by atoms with Crippen LogP contribution in [-0.2, 0) is 4.74 Å². The summed E-state index contributed by atoms with van der Waals surface area (Å²) in [5.41, 5.74) is 0. The van der Waals surface area contributed by atoms with Crippen molar-refractivity contribution in [3.05, 3.63) is 24.3 Å². The Balaban J connectivity index is 2.66. The SMILES string of the molecule is COC1C=CC=CC1=S. The summed E-state index contributed by atoms with van der Waals surface area (Å²) in [5, 5.41) is 0. The van der Waals surface area contributed by atoms with Crippen molar-refractivity contribution in [1.82, 2.24) is 0 Å². The van der Waals surface area contributed by atoms with Gasteiger partial charge in [0.25, 0.3) is 0 Å². The van der Waals surface area contributed by atoms with Gasteiger partial charge in [-0.1, -0.05) is 30.4 Å². The van der Waals surface area contributed by atoms with Crippen molar-refractivity contribution in [2.24, 2.45) is 0 Å². The highest BCUT2D eigenvalue weighted by atomic mass is 32.1. The Hall–Kier alpha value is -0.470. The summed E-state index contributed by atoms with van der Waals surface area (Å²) >= 11 is 4.96. The van der Waals surface area contributed by atoms with Gasteiger partial charge in [0.15, 0.2) is 0 Å². The van der Waals surface area contributed by atoms with Gasteiger partial charge in [0.05, 0.1) is 0 Å². The van der Waals surface area contributed by atoms with Gasteiger partial charge < -0.3 is 4.74 Å². The minimum atomic E-state index is 0.0185. The van der Waals surface area contributed by atoms with E-state index in [0.717, 1.165) is 4.86 Å². The third-order valence-corrected chi connectivity index (χ3v) is 1.56. The molecule has 0 heterocycles. The van der Waals surface area contributed by atoms with Gasteiger partial charge in [-0.05, 0) is 6.08 Å². The molecule has 0 spiro atoms. The molecule has 2 heteroatoms. The molecule has 1 nitrogen and oxygen atoms in total. The van der Waals surface area contributed by atoms with Crippen molar-refractivity contribution in [2.45, 2.75) is 6.10 Å². The zero-order chi connectivity index (χ0) is 6.69. The van der Waals surface area contributed by atoms with E-state index in [2.05, 4.69) is 0 Å². The van der Waals surface area contributed by atoms with Gasteiger partial charge in [-0.3, -0.25) is 0 Å². The minimum absolute atomic E-state index is 0.0185. The lowest BCUT2D eigenvalue weighted by Gasteiger charge is -2.10. The van der Waals surface area contributed by atoms with Crippen LogP contribution in [0.25, 0.3) is 0 Å². The Morgan fingerprint density at radius 1 is 1.56 bits per heavy atom. The number of hydrogen-bond acceptors (Lipinski definition) is 2. The first-order valence-corrected chi connectivity index (χ1v) is 3.17. The molecule has 48 valence electrons. The summed E-state index contributed by atoms with van der Waals surface area (Å²) < 4.78 is 5.02. The number of methoxy groups -OCH3 is 1. The summed E-state index contributed by atoms with van der Waals surface area (Å²) in [5.74, 6) is 0. The van der Waals surface area contributed by atoms with Gasteiger partial charge in [0.1, 0.15) is 6.10 Å². The maximum atomic E-state index is 5.02. The fraction of sp³-hybridized carbons (Fsp3) is 0.286. The third-order valence-electron chi connectivity index (χ3n) is 1.19. The second-order valence-corrected chi connectivity index (χ2v) is 2.27. The van der Waals surface area contributed by atoms with Gasteiger partial charge >= 0.3 is 0 Å². The number of thiocarbonyl (C=S) groups is 1. The lowest BCUT2D eigenvalue weighted by atomic mass is 10.1. The fourth-order valence-corrected chi connectivity index (χ4v) is 0.953. The standard InChI is InChI=1S/C7H8OS/c1-8-6-4-2-3-5-7(6)9/h2-6H,1H3. The first-order valence-electron chi connectivity index (χ1n) is 2.76. The Morgan fingerprint density at radius 2 is 2.33 bits per heavy atom.